The minimum absolute atomic E-state index is 0.0422. The zero-order valence-electron chi connectivity index (χ0n) is 41.1. The van der Waals surface area contributed by atoms with Gasteiger partial charge in [-0.3, -0.25) is 52.9 Å². The fourth-order valence-corrected chi connectivity index (χ4v) is 7.27. The molecule has 23 heteroatoms. The highest BCUT2D eigenvalue weighted by Gasteiger charge is 2.33. The van der Waals surface area contributed by atoms with Gasteiger partial charge < -0.3 is 64.6 Å². The monoisotopic (exact) mass is 990 g/mol. The van der Waals surface area contributed by atoms with E-state index in [2.05, 4.69) is 47.5 Å². The van der Waals surface area contributed by atoms with Crippen molar-refractivity contribution in [2.45, 2.75) is 141 Å². The number of hydrogen-bond donors (Lipinski definition) is 11. The predicted octanol–water partition coefficient (Wildman–Crippen LogP) is -1.37. The number of benzene rings is 2. The molecule has 0 spiro atoms. The first-order valence-corrected chi connectivity index (χ1v) is 23.8. The van der Waals surface area contributed by atoms with Crippen molar-refractivity contribution in [2.75, 3.05) is 25.0 Å². The summed E-state index contributed by atoms with van der Waals surface area (Å²) in [6.07, 6.45) is 4.23. The molecule has 1 aliphatic heterocycles. The van der Waals surface area contributed by atoms with Gasteiger partial charge >= 0.3 is 0 Å². The molecule has 0 radical (unpaired) electrons. The number of carbonyl (C=O) groups excluding carboxylic acids is 10. The number of nitrogens with one attached hydrogen (secondary N) is 8. The largest absolute Gasteiger partial charge is 0.370 e. The minimum Gasteiger partial charge on any atom is -0.370 e. The summed E-state index contributed by atoms with van der Waals surface area (Å²) in [5.74, 6) is -6.10. The van der Waals surface area contributed by atoms with E-state index in [1.54, 1.807) is 24.3 Å². The number of anilines is 1. The number of likely N-dealkylation sites (tertiary alicyclic amines) is 1. The first kappa shape index (κ1) is 57.7. The van der Waals surface area contributed by atoms with Gasteiger partial charge in [0.05, 0.1) is 13.0 Å². The summed E-state index contributed by atoms with van der Waals surface area (Å²) >= 11 is 0. The van der Waals surface area contributed by atoms with Crippen LogP contribution in [0.3, 0.4) is 0 Å². The maximum atomic E-state index is 13.6. The van der Waals surface area contributed by atoms with Crippen LogP contribution in [-0.2, 0) is 60.8 Å². The summed E-state index contributed by atoms with van der Waals surface area (Å²) < 4.78 is 0. The van der Waals surface area contributed by atoms with E-state index < -0.39 is 102 Å². The Morgan fingerprint density at radius 1 is 0.620 bits per heavy atom. The zero-order valence-corrected chi connectivity index (χ0v) is 41.1. The van der Waals surface area contributed by atoms with Gasteiger partial charge in [-0.05, 0) is 109 Å². The first-order valence-electron chi connectivity index (χ1n) is 23.8. The van der Waals surface area contributed by atoms with Crippen LogP contribution in [0.15, 0.2) is 59.6 Å². The van der Waals surface area contributed by atoms with Crippen LogP contribution in [0.2, 0.25) is 0 Å². The second-order valence-electron chi connectivity index (χ2n) is 17.6. The van der Waals surface area contributed by atoms with E-state index >= 15 is 0 Å². The van der Waals surface area contributed by atoms with Gasteiger partial charge in [0.2, 0.25) is 59.1 Å². The molecule has 7 atom stereocenters. The van der Waals surface area contributed by atoms with Gasteiger partial charge in [0, 0.05) is 25.2 Å². The van der Waals surface area contributed by atoms with Gasteiger partial charge in [0.1, 0.15) is 42.3 Å². The van der Waals surface area contributed by atoms with Crippen LogP contribution < -0.4 is 59.7 Å². The Morgan fingerprint density at radius 2 is 1.18 bits per heavy atom. The van der Waals surface area contributed by atoms with E-state index in [9.17, 15) is 47.9 Å². The van der Waals surface area contributed by atoms with Gasteiger partial charge in [-0.2, -0.15) is 0 Å². The van der Waals surface area contributed by atoms with Crippen molar-refractivity contribution < 1.29 is 47.9 Å². The summed E-state index contributed by atoms with van der Waals surface area (Å²) in [4.78, 5) is 134. The Morgan fingerprint density at radius 3 is 1.77 bits per heavy atom. The number of carbonyl (C=O) groups is 10. The Bertz CT molecular complexity index is 2200. The maximum absolute atomic E-state index is 13.6. The average Bonchev–Trinajstić information content (AvgIpc) is 3.48. The lowest BCUT2D eigenvalue weighted by Gasteiger charge is -2.26. The molecule has 14 N–H and O–H groups in total. The molecule has 388 valence electrons. The third-order valence-corrected chi connectivity index (χ3v) is 11.4. The zero-order chi connectivity index (χ0) is 52.6. The summed E-state index contributed by atoms with van der Waals surface area (Å²) in [6, 6.07) is 8.74. The second kappa shape index (κ2) is 29.4. The summed E-state index contributed by atoms with van der Waals surface area (Å²) in [6.45, 7) is 7.03. The van der Waals surface area contributed by atoms with Gasteiger partial charge in [-0.15, -0.1) is 0 Å². The molecular formula is C48H71N13O10. The highest BCUT2D eigenvalue weighted by Crippen LogP contribution is 2.14. The molecule has 2 aromatic rings. The van der Waals surface area contributed by atoms with Gasteiger partial charge in [0.15, 0.2) is 5.96 Å². The van der Waals surface area contributed by atoms with Crippen LogP contribution in [0.25, 0.3) is 0 Å². The minimum atomic E-state index is -1.15. The molecule has 1 aliphatic rings. The summed E-state index contributed by atoms with van der Waals surface area (Å²) in [5, 5.41) is 20.7. The molecule has 0 saturated carbocycles. The number of aliphatic imine (C=N–C) groups is 1. The molecule has 10 amide bonds. The molecule has 0 aromatic heterocycles. The highest BCUT2D eigenvalue weighted by molar-refractivity contribution is 5.99. The molecule has 0 aliphatic carbocycles. The SMILES string of the molecule is C[C@H](NC(=O)CN1CCCC[C@H](NC(=O)[C@H](C)NC(=O)[C@H](C)NC(=O)[C@H](CCCN=C(N)N)NC(=O)CCCCc2ccccc2)C1=O)C(=O)N[C@@H](C)C(=O)N[C@@H](C)C(=O)Nc1ccc(CC(N)=O)cc1. The quantitative estimate of drug-likeness (QED) is 0.0281. The molecule has 1 saturated heterocycles. The van der Waals surface area contributed by atoms with E-state index in [4.69, 9.17) is 17.2 Å². The standard InChI is InChI=1S/C48H71N13O10/c1-28(41(65)54-29(2)42(66)55-31(4)44(68)58-35-22-20-34(21-23-35)26-38(49)62)53-40(64)27-61-25-12-11-17-37(47(61)71)60-45(69)32(5)56-43(67)30(3)57-46(70)36(18-13-24-52-48(50)51)59-39(63)19-10-9-16-33-14-7-6-8-15-33/h6-8,14-15,20-23,28-32,36-37H,9-13,16-19,24-27H2,1-5H3,(H2,49,62)(H,53,64)(H,54,65)(H,55,66)(H,56,67)(H,57,70)(H,58,68)(H,59,63)(H,60,69)(H4,50,51,52)/t28-,29-,30-,31-,32-,36-,37-/m0/s1. The number of amides is 10. The van der Waals surface area contributed by atoms with E-state index in [0.717, 1.165) is 18.4 Å². The summed E-state index contributed by atoms with van der Waals surface area (Å²) in [7, 11) is 0. The van der Waals surface area contributed by atoms with Gasteiger partial charge in [-0.1, -0.05) is 42.5 Å². The van der Waals surface area contributed by atoms with Crippen LogP contribution >= 0.6 is 0 Å². The van der Waals surface area contributed by atoms with Crippen LogP contribution in [0.5, 0.6) is 0 Å². The van der Waals surface area contributed by atoms with Crippen LogP contribution in [-0.4, -0.2) is 132 Å². The molecule has 2 aromatic carbocycles. The molecule has 1 heterocycles. The van der Waals surface area contributed by atoms with Gasteiger partial charge in [-0.25, -0.2) is 0 Å². The average molecular weight is 990 g/mol. The van der Waals surface area contributed by atoms with Crippen LogP contribution in [0, 0.1) is 0 Å². The van der Waals surface area contributed by atoms with E-state index in [1.807, 2.05) is 30.3 Å². The topological polar surface area (TPSA) is 361 Å². The van der Waals surface area contributed by atoms with Crippen LogP contribution in [0.1, 0.15) is 97.1 Å². The van der Waals surface area contributed by atoms with Crippen LogP contribution in [0.4, 0.5) is 5.69 Å². The maximum Gasteiger partial charge on any atom is 0.246 e. The first-order chi connectivity index (χ1) is 33.6. The number of guanidine groups is 1. The highest BCUT2D eigenvalue weighted by atomic mass is 16.2. The number of nitrogens with two attached hydrogens (primary N) is 3. The van der Waals surface area contributed by atoms with Crippen molar-refractivity contribution in [3.63, 3.8) is 0 Å². The van der Waals surface area contributed by atoms with Crippen molar-refractivity contribution >= 4 is 70.7 Å². The molecule has 1 fully saturated rings. The third kappa shape index (κ3) is 21.3. The van der Waals surface area contributed by atoms with Crippen molar-refractivity contribution in [2.24, 2.45) is 22.2 Å². The lowest BCUT2D eigenvalue weighted by molar-refractivity contribution is -0.140. The summed E-state index contributed by atoms with van der Waals surface area (Å²) in [5.41, 5.74) is 18.3. The van der Waals surface area contributed by atoms with E-state index in [-0.39, 0.29) is 50.6 Å². The normalized spacial score (nSPS) is 15.9. The van der Waals surface area contributed by atoms with Crippen molar-refractivity contribution in [3.8, 4) is 0 Å². The van der Waals surface area contributed by atoms with Crippen molar-refractivity contribution in [1.29, 1.82) is 0 Å². The predicted molar refractivity (Wildman–Crippen MR) is 264 cm³/mol. The Kier molecular flexibility index (Phi) is 23.9. The number of aryl methyl sites for hydroxylation is 1. The molecular weight excluding hydrogens is 919 g/mol. The molecule has 3 rings (SSSR count). The molecule has 0 unspecified atom stereocenters. The number of rotatable bonds is 27. The van der Waals surface area contributed by atoms with Crippen molar-refractivity contribution in [1.82, 2.24) is 42.1 Å². The molecule has 0 bridgehead atoms. The van der Waals surface area contributed by atoms with Gasteiger partial charge in [0.25, 0.3) is 0 Å². The number of primary amides is 1. The smallest absolute Gasteiger partial charge is 0.246 e. The third-order valence-electron chi connectivity index (χ3n) is 11.4. The number of hydrogen-bond acceptors (Lipinski definition) is 11. The van der Waals surface area contributed by atoms with E-state index in [0.29, 0.717) is 36.9 Å². The number of unbranched alkanes of at least 4 members (excludes halogenated alkanes) is 1. The lowest BCUT2D eigenvalue weighted by Crippen LogP contribution is -2.57. The molecule has 71 heavy (non-hydrogen) atoms. The Hall–Kier alpha value is -7.59. The second-order valence-corrected chi connectivity index (χ2v) is 17.6. The lowest BCUT2D eigenvalue weighted by atomic mass is 10.1. The van der Waals surface area contributed by atoms with Crippen molar-refractivity contribution in [3.05, 3.63) is 65.7 Å². The molecule has 23 nitrogen and oxygen atoms in total. The fraction of sp³-hybridized carbons (Fsp3) is 0.521. The van der Waals surface area contributed by atoms with E-state index in [1.165, 1.54) is 39.5 Å². The Balaban J connectivity index is 1.46. The fourth-order valence-electron chi connectivity index (χ4n) is 7.27. The number of nitrogens with zero attached hydrogens (tertiary/aromatic N) is 2. The Labute approximate surface area is 413 Å².